The summed E-state index contributed by atoms with van der Waals surface area (Å²) in [4.78, 5) is 4.56. The third-order valence-corrected chi connectivity index (χ3v) is 5.28. The van der Waals surface area contributed by atoms with E-state index in [0.29, 0.717) is 0 Å². The second-order valence-electron chi connectivity index (χ2n) is 6.10. The number of fused-ring (bicyclic) bond motifs is 1. The van der Waals surface area contributed by atoms with Crippen LogP contribution in [0.15, 0.2) is 72.0 Å². The number of aryl methyl sites for hydroxylation is 1. The normalized spacial score (nSPS) is 11.0. The number of aromatic nitrogens is 3. The van der Waals surface area contributed by atoms with E-state index in [2.05, 4.69) is 42.2 Å². The first-order valence-corrected chi connectivity index (χ1v) is 9.38. The maximum Gasteiger partial charge on any atom is 0.122 e. The molecule has 2 aromatic heterocycles. The number of rotatable bonds is 5. The van der Waals surface area contributed by atoms with Crippen molar-refractivity contribution in [1.29, 1.82) is 0 Å². The van der Waals surface area contributed by atoms with Gasteiger partial charge < -0.3 is 4.74 Å². The lowest BCUT2D eigenvalue weighted by atomic mass is 10.1. The summed E-state index contributed by atoms with van der Waals surface area (Å²) in [6, 6.07) is 18.6. The van der Waals surface area contributed by atoms with E-state index in [4.69, 9.17) is 9.84 Å². The highest BCUT2D eigenvalue weighted by Gasteiger charge is 2.10. The molecule has 5 heteroatoms. The first kappa shape index (κ1) is 16.7. The van der Waals surface area contributed by atoms with Crippen LogP contribution in [-0.4, -0.2) is 21.7 Å². The Morgan fingerprint density at radius 3 is 2.73 bits per heavy atom. The number of ether oxygens (including phenoxy) is 1. The fourth-order valence-electron chi connectivity index (χ4n) is 2.77. The summed E-state index contributed by atoms with van der Waals surface area (Å²) < 4.78 is 7.21. The van der Waals surface area contributed by atoms with Gasteiger partial charge in [-0.05, 0) is 30.7 Å². The van der Waals surface area contributed by atoms with Crippen molar-refractivity contribution in [2.24, 2.45) is 0 Å². The van der Waals surface area contributed by atoms with Crippen molar-refractivity contribution in [1.82, 2.24) is 14.6 Å². The number of hydrogen-bond donors (Lipinski definition) is 0. The minimum Gasteiger partial charge on any atom is -0.497 e. The van der Waals surface area contributed by atoms with Gasteiger partial charge >= 0.3 is 0 Å². The first-order chi connectivity index (χ1) is 12.7. The molecule has 0 saturated heterocycles. The molecular formula is C21H19N3OS. The first-order valence-electron chi connectivity index (χ1n) is 8.40. The van der Waals surface area contributed by atoms with E-state index in [1.54, 1.807) is 25.1 Å². The number of thioether (sulfide) groups is 1. The van der Waals surface area contributed by atoms with Crippen molar-refractivity contribution < 1.29 is 4.74 Å². The zero-order valence-electron chi connectivity index (χ0n) is 14.7. The van der Waals surface area contributed by atoms with Crippen LogP contribution in [0.25, 0.3) is 16.8 Å². The molecule has 0 fully saturated rings. The van der Waals surface area contributed by atoms with Gasteiger partial charge in [0.15, 0.2) is 0 Å². The molecule has 0 aliphatic rings. The molecule has 4 rings (SSSR count). The molecule has 0 atom stereocenters. The van der Waals surface area contributed by atoms with Crippen molar-refractivity contribution in [3.05, 3.63) is 78.1 Å². The Hall–Kier alpha value is -2.79. The van der Waals surface area contributed by atoms with Crippen LogP contribution in [0.5, 0.6) is 5.75 Å². The topological polar surface area (TPSA) is 39.4 Å². The molecule has 0 bridgehead atoms. The third-order valence-electron chi connectivity index (χ3n) is 4.22. The number of methoxy groups -OCH3 is 1. The minimum atomic E-state index is 0.826. The van der Waals surface area contributed by atoms with Gasteiger partial charge in [-0.1, -0.05) is 53.7 Å². The zero-order valence-corrected chi connectivity index (χ0v) is 15.5. The maximum absolute atomic E-state index is 5.32. The molecule has 2 aromatic carbocycles. The average molecular weight is 361 g/mol. The Labute approximate surface area is 156 Å². The Balaban J connectivity index is 1.63. The lowest BCUT2D eigenvalue weighted by molar-refractivity contribution is 0.415. The average Bonchev–Trinajstić information content (AvgIpc) is 3.12. The second kappa shape index (κ2) is 7.22. The Morgan fingerprint density at radius 2 is 1.92 bits per heavy atom. The molecule has 26 heavy (non-hydrogen) atoms. The van der Waals surface area contributed by atoms with E-state index >= 15 is 0 Å². The quantitative estimate of drug-likeness (QED) is 0.469. The van der Waals surface area contributed by atoms with Gasteiger partial charge in [-0.2, -0.15) is 5.10 Å². The summed E-state index contributed by atoms with van der Waals surface area (Å²) in [5, 5.41) is 5.67. The predicted molar refractivity (Wildman–Crippen MR) is 106 cm³/mol. The van der Waals surface area contributed by atoms with Gasteiger partial charge in [0.2, 0.25) is 0 Å². The molecule has 0 spiro atoms. The van der Waals surface area contributed by atoms with Crippen molar-refractivity contribution >= 4 is 17.3 Å². The minimum absolute atomic E-state index is 0.826. The smallest absolute Gasteiger partial charge is 0.122 e. The van der Waals surface area contributed by atoms with Crippen LogP contribution in [0.2, 0.25) is 0 Å². The molecule has 0 N–H and O–H groups in total. The van der Waals surface area contributed by atoms with Crippen LogP contribution in [0, 0.1) is 6.92 Å². The highest BCUT2D eigenvalue weighted by atomic mass is 32.2. The van der Waals surface area contributed by atoms with Crippen molar-refractivity contribution in [2.75, 3.05) is 7.11 Å². The van der Waals surface area contributed by atoms with Crippen LogP contribution >= 0.6 is 11.8 Å². The predicted octanol–water partition coefficient (Wildman–Crippen LogP) is 5.01. The van der Waals surface area contributed by atoms with Crippen LogP contribution < -0.4 is 4.74 Å². The fraction of sp³-hybridized carbons (Fsp3) is 0.143. The molecule has 0 amide bonds. The monoisotopic (exact) mass is 361 g/mol. The molecule has 0 unspecified atom stereocenters. The van der Waals surface area contributed by atoms with Crippen LogP contribution in [0.4, 0.5) is 0 Å². The van der Waals surface area contributed by atoms with Gasteiger partial charge in [-0.15, -0.1) is 0 Å². The summed E-state index contributed by atoms with van der Waals surface area (Å²) >= 11 is 1.73. The van der Waals surface area contributed by atoms with Crippen molar-refractivity contribution in [2.45, 2.75) is 17.7 Å². The number of benzene rings is 2. The molecule has 0 aliphatic carbocycles. The fourth-order valence-corrected chi connectivity index (χ4v) is 3.70. The highest BCUT2D eigenvalue weighted by Crippen LogP contribution is 2.29. The van der Waals surface area contributed by atoms with Crippen LogP contribution in [0.3, 0.4) is 0 Å². The molecule has 2 heterocycles. The highest BCUT2D eigenvalue weighted by molar-refractivity contribution is 7.98. The van der Waals surface area contributed by atoms with Crippen molar-refractivity contribution in [3.63, 3.8) is 0 Å². The Bertz CT molecular complexity index is 1040. The summed E-state index contributed by atoms with van der Waals surface area (Å²) in [6.07, 6.45) is 3.68. The Morgan fingerprint density at radius 1 is 1.08 bits per heavy atom. The molecule has 0 saturated carbocycles. The summed E-state index contributed by atoms with van der Waals surface area (Å²) in [6.45, 7) is 2.10. The van der Waals surface area contributed by atoms with Crippen LogP contribution in [0.1, 0.15) is 11.1 Å². The number of hydrogen-bond acceptors (Lipinski definition) is 4. The largest absolute Gasteiger partial charge is 0.497 e. The molecule has 0 aliphatic heterocycles. The van der Waals surface area contributed by atoms with E-state index in [1.165, 1.54) is 11.1 Å². The third kappa shape index (κ3) is 3.44. The Kier molecular flexibility index (Phi) is 4.63. The molecule has 4 nitrogen and oxygen atoms in total. The van der Waals surface area contributed by atoms with E-state index in [9.17, 15) is 0 Å². The van der Waals surface area contributed by atoms with Gasteiger partial charge in [0, 0.05) is 23.7 Å². The van der Waals surface area contributed by atoms with E-state index in [1.807, 2.05) is 35.0 Å². The second-order valence-corrected chi connectivity index (χ2v) is 7.06. The molecule has 4 aromatic rings. The van der Waals surface area contributed by atoms with Gasteiger partial charge in [-0.25, -0.2) is 9.50 Å². The van der Waals surface area contributed by atoms with E-state index < -0.39 is 0 Å². The van der Waals surface area contributed by atoms with Gasteiger partial charge in [0.05, 0.1) is 18.3 Å². The summed E-state index contributed by atoms with van der Waals surface area (Å²) in [5.74, 6) is 1.71. The zero-order chi connectivity index (χ0) is 17.9. The maximum atomic E-state index is 5.32. The molecule has 130 valence electrons. The van der Waals surface area contributed by atoms with E-state index in [0.717, 1.165) is 33.3 Å². The van der Waals surface area contributed by atoms with Gasteiger partial charge in [0.25, 0.3) is 0 Å². The van der Waals surface area contributed by atoms with Crippen LogP contribution in [-0.2, 0) is 5.75 Å². The number of nitrogens with zero attached hydrogens (tertiary/aromatic N) is 3. The summed E-state index contributed by atoms with van der Waals surface area (Å²) in [5.41, 5.74) is 5.52. The van der Waals surface area contributed by atoms with Crippen molar-refractivity contribution in [3.8, 4) is 17.0 Å². The van der Waals surface area contributed by atoms with Gasteiger partial charge in [0.1, 0.15) is 10.8 Å². The summed E-state index contributed by atoms with van der Waals surface area (Å²) in [7, 11) is 1.67. The van der Waals surface area contributed by atoms with Gasteiger partial charge in [-0.3, -0.25) is 0 Å². The lowest BCUT2D eigenvalue weighted by Crippen LogP contribution is -1.91. The molecule has 0 radical (unpaired) electrons. The standard InChI is InChI=1S/C21H19N3OS/c1-15-6-8-16(9-7-15)14-26-21-20-13-19(23-24(20)11-10-22-21)17-4-3-5-18(12-17)25-2/h3-13H,14H2,1-2H3. The molecular weight excluding hydrogens is 342 g/mol. The van der Waals surface area contributed by atoms with E-state index in [-0.39, 0.29) is 0 Å². The lowest BCUT2D eigenvalue weighted by Gasteiger charge is -2.03. The SMILES string of the molecule is COc1cccc(-c2cc3c(SCc4ccc(C)cc4)nccn3n2)c1.